The maximum atomic E-state index is 13.9. The van der Waals surface area contributed by atoms with Crippen LogP contribution in [0, 0.1) is 5.82 Å². The van der Waals surface area contributed by atoms with Crippen molar-refractivity contribution in [1.29, 1.82) is 0 Å². The van der Waals surface area contributed by atoms with Gasteiger partial charge in [0.25, 0.3) is 0 Å². The number of halogens is 4. The van der Waals surface area contributed by atoms with E-state index in [2.05, 4.69) is 0 Å². The first-order valence-corrected chi connectivity index (χ1v) is 6.90. The fourth-order valence-electron chi connectivity index (χ4n) is 1.68. The van der Waals surface area contributed by atoms with Crippen LogP contribution in [-0.4, -0.2) is 0 Å². The van der Waals surface area contributed by atoms with E-state index in [0.717, 1.165) is 0 Å². The minimum atomic E-state index is -0.526. The molecule has 2 rings (SSSR count). The van der Waals surface area contributed by atoms with Gasteiger partial charge in [0.2, 0.25) is 0 Å². The molecule has 0 radical (unpaired) electrons. The minimum absolute atomic E-state index is 0.0304. The highest BCUT2D eigenvalue weighted by molar-refractivity contribution is 6.43. The van der Waals surface area contributed by atoms with Crippen LogP contribution in [0.25, 0.3) is 0 Å². The molecular formula is C14H11Cl3FNO. The van der Waals surface area contributed by atoms with Gasteiger partial charge in [0.15, 0.2) is 11.6 Å². The molecule has 0 heterocycles. The monoisotopic (exact) mass is 333 g/mol. The maximum Gasteiger partial charge on any atom is 0.167 e. The summed E-state index contributed by atoms with van der Waals surface area (Å²) in [7, 11) is 0. The first kappa shape index (κ1) is 15.4. The standard InChI is InChI=1S/C14H11Cl3FNO/c1-7(19)8-3-2-4-12(18)14(8)20-13-6-10(16)9(15)5-11(13)17/h2-7H,19H2,1H3/t7-/m0/s1. The van der Waals surface area contributed by atoms with Crippen molar-refractivity contribution in [2.75, 3.05) is 0 Å². The molecule has 2 aromatic carbocycles. The van der Waals surface area contributed by atoms with Crippen molar-refractivity contribution < 1.29 is 9.13 Å². The van der Waals surface area contributed by atoms with E-state index in [4.69, 9.17) is 45.3 Å². The molecule has 20 heavy (non-hydrogen) atoms. The van der Waals surface area contributed by atoms with Crippen LogP contribution in [0.1, 0.15) is 18.5 Å². The van der Waals surface area contributed by atoms with Gasteiger partial charge in [0.1, 0.15) is 5.75 Å². The second-order valence-corrected chi connectivity index (χ2v) is 5.47. The Balaban J connectivity index is 2.47. The zero-order chi connectivity index (χ0) is 14.9. The van der Waals surface area contributed by atoms with E-state index < -0.39 is 5.82 Å². The van der Waals surface area contributed by atoms with Gasteiger partial charge >= 0.3 is 0 Å². The molecule has 2 aromatic rings. The fourth-order valence-corrected chi connectivity index (χ4v) is 2.26. The van der Waals surface area contributed by atoms with Crippen LogP contribution in [0.3, 0.4) is 0 Å². The Bertz CT molecular complexity index is 647. The number of para-hydroxylation sites is 1. The van der Waals surface area contributed by atoms with Gasteiger partial charge in [-0.1, -0.05) is 46.9 Å². The van der Waals surface area contributed by atoms with E-state index in [0.29, 0.717) is 10.6 Å². The molecule has 0 aliphatic rings. The minimum Gasteiger partial charge on any atom is -0.452 e. The van der Waals surface area contributed by atoms with Crippen molar-refractivity contribution in [2.45, 2.75) is 13.0 Å². The molecule has 0 aliphatic heterocycles. The Kier molecular flexibility index (Phi) is 4.76. The molecule has 106 valence electrons. The number of benzene rings is 2. The van der Waals surface area contributed by atoms with Crippen molar-refractivity contribution in [2.24, 2.45) is 5.73 Å². The van der Waals surface area contributed by atoms with Crippen LogP contribution in [0.5, 0.6) is 11.5 Å². The molecule has 0 aromatic heterocycles. The van der Waals surface area contributed by atoms with Gasteiger partial charge in [-0.05, 0) is 19.1 Å². The summed E-state index contributed by atoms with van der Waals surface area (Å²) in [5.41, 5.74) is 6.34. The van der Waals surface area contributed by atoms with Crippen molar-refractivity contribution in [1.82, 2.24) is 0 Å². The van der Waals surface area contributed by atoms with Gasteiger partial charge in [-0.25, -0.2) is 4.39 Å². The first-order chi connectivity index (χ1) is 9.40. The Hall–Kier alpha value is -1.000. The summed E-state index contributed by atoms with van der Waals surface area (Å²) in [6.45, 7) is 1.73. The average Bonchev–Trinajstić information content (AvgIpc) is 2.37. The number of hydrogen-bond donors (Lipinski definition) is 1. The number of ether oxygens (including phenoxy) is 1. The van der Waals surface area contributed by atoms with Crippen LogP contribution >= 0.6 is 34.8 Å². The molecule has 0 amide bonds. The summed E-state index contributed by atoms with van der Waals surface area (Å²) in [5, 5.41) is 0.799. The van der Waals surface area contributed by atoms with Crippen LogP contribution in [0.15, 0.2) is 30.3 Å². The van der Waals surface area contributed by atoms with Gasteiger partial charge in [-0.3, -0.25) is 0 Å². The zero-order valence-corrected chi connectivity index (χ0v) is 12.7. The van der Waals surface area contributed by atoms with Crippen molar-refractivity contribution >= 4 is 34.8 Å². The molecule has 0 saturated carbocycles. The fraction of sp³-hybridized carbons (Fsp3) is 0.143. The molecule has 2 N–H and O–H groups in total. The molecule has 0 unspecified atom stereocenters. The van der Waals surface area contributed by atoms with E-state index >= 15 is 0 Å². The van der Waals surface area contributed by atoms with E-state index in [-0.39, 0.29) is 27.6 Å². The van der Waals surface area contributed by atoms with Crippen LogP contribution in [0.4, 0.5) is 4.39 Å². The molecule has 2 nitrogen and oxygen atoms in total. The van der Waals surface area contributed by atoms with Crippen molar-refractivity contribution in [3.63, 3.8) is 0 Å². The molecule has 0 saturated heterocycles. The normalized spacial score (nSPS) is 12.3. The predicted octanol–water partition coefficient (Wildman–Crippen LogP) is 5.60. The highest BCUT2D eigenvalue weighted by atomic mass is 35.5. The largest absolute Gasteiger partial charge is 0.452 e. The Morgan fingerprint density at radius 2 is 1.75 bits per heavy atom. The van der Waals surface area contributed by atoms with Crippen molar-refractivity contribution in [3.8, 4) is 11.5 Å². The zero-order valence-electron chi connectivity index (χ0n) is 10.5. The van der Waals surface area contributed by atoms with Gasteiger partial charge in [0.05, 0.1) is 15.1 Å². The smallest absolute Gasteiger partial charge is 0.167 e. The SMILES string of the molecule is C[C@H](N)c1cccc(F)c1Oc1cc(Cl)c(Cl)cc1Cl. The van der Waals surface area contributed by atoms with Crippen LogP contribution < -0.4 is 10.5 Å². The summed E-state index contributed by atoms with van der Waals surface area (Å²) in [5.74, 6) is -0.280. The third-order valence-electron chi connectivity index (χ3n) is 2.67. The molecule has 0 fully saturated rings. The first-order valence-electron chi connectivity index (χ1n) is 5.76. The quantitative estimate of drug-likeness (QED) is 0.742. The highest BCUT2D eigenvalue weighted by Crippen LogP contribution is 2.38. The van der Waals surface area contributed by atoms with Gasteiger partial charge in [-0.2, -0.15) is 0 Å². The summed E-state index contributed by atoms with van der Waals surface area (Å²) in [6.07, 6.45) is 0. The Morgan fingerprint density at radius 3 is 2.40 bits per heavy atom. The predicted molar refractivity (Wildman–Crippen MR) is 80.5 cm³/mol. The van der Waals surface area contributed by atoms with Gasteiger partial charge in [0, 0.05) is 17.7 Å². The van der Waals surface area contributed by atoms with Gasteiger partial charge < -0.3 is 10.5 Å². The molecule has 6 heteroatoms. The molecule has 1 atom stereocenters. The molecule has 0 spiro atoms. The topological polar surface area (TPSA) is 35.2 Å². The second-order valence-electron chi connectivity index (χ2n) is 4.25. The van der Waals surface area contributed by atoms with Crippen molar-refractivity contribution in [3.05, 3.63) is 56.8 Å². The number of rotatable bonds is 3. The lowest BCUT2D eigenvalue weighted by molar-refractivity contribution is 0.433. The van der Waals surface area contributed by atoms with E-state index in [1.54, 1.807) is 19.1 Å². The Labute approximate surface area is 131 Å². The third kappa shape index (κ3) is 3.18. The average molecular weight is 335 g/mol. The molecule has 0 bridgehead atoms. The summed E-state index contributed by atoms with van der Waals surface area (Å²) in [6, 6.07) is 7.03. The van der Waals surface area contributed by atoms with E-state index in [1.807, 2.05) is 0 Å². The lowest BCUT2D eigenvalue weighted by Crippen LogP contribution is -2.07. The van der Waals surface area contributed by atoms with E-state index in [9.17, 15) is 4.39 Å². The number of hydrogen-bond acceptors (Lipinski definition) is 2. The van der Waals surface area contributed by atoms with Crippen LogP contribution in [-0.2, 0) is 0 Å². The lowest BCUT2D eigenvalue weighted by atomic mass is 10.1. The highest BCUT2D eigenvalue weighted by Gasteiger charge is 2.16. The molecule has 0 aliphatic carbocycles. The molecular weight excluding hydrogens is 324 g/mol. The number of nitrogens with two attached hydrogens (primary N) is 1. The summed E-state index contributed by atoms with van der Waals surface area (Å²) >= 11 is 17.8. The maximum absolute atomic E-state index is 13.9. The third-order valence-corrected chi connectivity index (χ3v) is 3.69. The van der Waals surface area contributed by atoms with E-state index in [1.165, 1.54) is 18.2 Å². The van der Waals surface area contributed by atoms with Gasteiger partial charge in [-0.15, -0.1) is 0 Å². The summed E-state index contributed by atoms with van der Waals surface area (Å²) < 4.78 is 19.5. The van der Waals surface area contributed by atoms with Crippen LogP contribution in [0.2, 0.25) is 15.1 Å². The Morgan fingerprint density at radius 1 is 1.10 bits per heavy atom. The lowest BCUT2D eigenvalue weighted by Gasteiger charge is -2.15. The second kappa shape index (κ2) is 6.19. The summed E-state index contributed by atoms with van der Waals surface area (Å²) in [4.78, 5) is 0.